The van der Waals surface area contributed by atoms with Gasteiger partial charge in [0, 0.05) is 25.7 Å². The van der Waals surface area contributed by atoms with Gasteiger partial charge >= 0.3 is 0 Å². The van der Waals surface area contributed by atoms with E-state index < -0.39 is 0 Å². The van der Waals surface area contributed by atoms with Crippen molar-refractivity contribution < 1.29 is 0 Å². The molecule has 2 aliphatic heterocycles. The van der Waals surface area contributed by atoms with E-state index in [0.29, 0.717) is 6.04 Å². The van der Waals surface area contributed by atoms with Crippen LogP contribution in [0.4, 0.5) is 0 Å². The Labute approximate surface area is 111 Å². The summed E-state index contributed by atoms with van der Waals surface area (Å²) in [7, 11) is 0. The molecule has 3 rings (SSSR count). The SMILES string of the molecule is CCC1c2ccccc2CCN1N1CCCCC1. The maximum absolute atomic E-state index is 2.65. The third-order valence-electron chi connectivity index (χ3n) is 4.47. The molecule has 2 nitrogen and oxygen atoms in total. The molecule has 2 heterocycles. The van der Waals surface area contributed by atoms with Crippen LogP contribution in [0.1, 0.15) is 49.8 Å². The highest BCUT2D eigenvalue weighted by Gasteiger charge is 2.30. The molecule has 0 aliphatic carbocycles. The van der Waals surface area contributed by atoms with Gasteiger partial charge in [-0.05, 0) is 36.8 Å². The molecular formula is C16H24N2. The van der Waals surface area contributed by atoms with E-state index in [4.69, 9.17) is 0 Å². The largest absolute Gasteiger partial charge is 0.241 e. The topological polar surface area (TPSA) is 6.48 Å². The zero-order chi connectivity index (χ0) is 12.4. The van der Waals surface area contributed by atoms with Gasteiger partial charge in [-0.3, -0.25) is 0 Å². The van der Waals surface area contributed by atoms with Crippen molar-refractivity contribution in [1.82, 2.24) is 10.0 Å². The molecule has 0 amide bonds. The van der Waals surface area contributed by atoms with Crippen molar-refractivity contribution in [2.24, 2.45) is 0 Å². The third-order valence-corrected chi connectivity index (χ3v) is 4.47. The zero-order valence-electron chi connectivity index (χ0n) is 11.4. The minimum atomic E-state index is 0.605. The molecular weight excluding hydrogens is 220 g/mol. The van der Waals surface area contributed by atoms with Gasteiger partial charge in [0.2, 0.25) is 0 Å². The second-order valence-corrected chi connectivity index (χ2v) is 5.55. The van der Waals surface area contributed by atoms with Crippen molar-refractivity contribution in [3.8, 4) is 0 Å². The molecule has 0 bridgehead atoms. The van der Waals surface area contributed by atoms with Crippen molar-refractivity contribution in [2.75, 3.05) is 19.6 Å². The van der Waals surface area contributed by atoms with Crippen LogP contribution in [0.3, 0.4) is 0 Å². The number of nitrogens with zero attached hydrogens (tertiary/aromatic N) is 2. The number of piperidine rings is 1. The number of benzene rings is 1. The molecule has 2 aliphatic rings. The number of hydrogen-bond donors (Lipinski definition) is 0. The molecule has 0 saturated carbocycles. The van der Waals surface area contributed by atoms with E-state index >= 15 is 0 Å². The highest BCUT2D eigenvalue weighted by molar-refractivity contribution is 5.32. The first kappa shape index (κ1) is 12.2. The normalized spacial score (nSPS) is 25.9. The second-order valence-electron chi connectivity index (χ2n) is 5.55. The molecule has 0 N–H and O–H groups in total. The lowest BCUT2D eigenvalue weighted by Crippen LogP contribution is -2.50. The summed E-state index contributed by atoms with van der Waals surface area (Å²) in [6.07, 6.45) is 6.58. The fourth-order valence-corrected chi connectivity index (χ4v) is 3.54. The first-order valence-electron chi connectivity index (χ1n) is 7.49. The first-order valence-corrected chi connectivity index (χ1v) is 7.49. The number of hydrazine groups is 1. The minimum Gasteiger partial charge on any atom is -0.241 e. The van der Waals surface area contributed by atoms with Gasteiger partial charge in [-0.1, -0.05) is 37.6 Å². The summed E-state index contributed by atoms with van der Waals surface area (Å²) in [6, 6.07) is 9.63. The number of fused-ring (bicyclic) bond motifs is 1. The Morgan fingerprint density at radius 2 is 1.83 bits per heavy atom. The maximum Gasteiger partial charge on any atom is 0.0495 e. The van der Waals surface area contributed by atoms with Crippen molar-refractivity contribution in [2.45, 2.75) is 45.1 Å². The van der Waals surface area contributed by atoms with Crippen LogP contribution in [0.5, 0.6) is 0 Å². The summed E-state index contributed by atoms with van der Waals surface area (Å²) in [4.78, 5) is 0. The quantitative estimate of drug-likeness (QED) is 0.787. The van der Waals surface area contributed by atoms with Crippen LogP contribution in [-0.4, -0.2) is 29.7 Å². The summed E-state index contributed by atoms with van der Waals surface area (Å²) in [6.45, 7) is 6.05. The van der Waals surface area contributed by atoms with Crippen LogP contribution in [0.2, 0.25) is 0 Å². The summed E-state index contributed by atoms with van der Waals surface area (Å²) < 4.78 is 0. The van der Waals surface area contributed by atoms with Crippen LogP contribution in [0.25, 0.3) is 0 Å². The van der Waals surface area contributed by atoms with Crippen molar-refractivity contribution in [3.63, 3.8) is 0 Å². The van der Waals surface area contributed by atoms with Gasteiger partial charge in [-0.25, -0.2) is 10.0 Å². The molecule has 1 saturated heterocycles. The van der Waals surface area contributed by atoms with E-state index in [1.54, 1.807) is 11.1 Å². The van der Waals surface area contributed by atoms with Gasteiger partial charge in [0.25, 0.3) is 0 Å². The smallest absolute Gasteiger partial charge is 0.0495 e. The maximum atomic E-state index is 2.65. The molecule has 98 valence electrons. The molecule has 0 aromatic heterocycles. The standard InChI is InChI=1S/C16H24N2/c1-2-16-15-9-5-4-8-14(15)10-13-18(16)17-11-6-3-7-12-17/h4-5,8-9,16H,2-3,6-7,10-13H2,1H3. The van der Waals surface area contributed by atoms with Crippen molar-refractivity contribution in [3.05, 3.63) is 35.4 Å². The summed E-state index contributed by atoms with van der Waals surface area (Å²) in [5, 5.41) is 5.27. The molecule has 1 unspecified atom stereocenters. The lowest BCUT2D eigenvalue weighted by Gasteiger charge is -2.45. The average molecular weight is 244 g/mol. The molecule has 1 aromatic carbocycles. The zero-order valence-corrected chi connectivity index (χ0v) is 11.4. The molecule has 0 radical (unpaired) electrons. The van der Waals surface area contributed by atoms with E-state index in [2.05, 4.69) is 41.2 Å². The predicted molar refractivity (Wildman–Crippen MR) is 75.3 cm³/mol. The van der Waals surface area contributed by atoms with E-state index in [1.165, 1.54) is 51.7 Å². The van der Waals surface area contributed by atoms with Crippen LogP contribution >= 0.6 is 0 Å². The van der Waals surface area contributed by atoms with Crippen LogP contribution < -0.4 is 0 Å². The fourth-order valence-electron chi connectivity index (χ4n) is 3.54. The van der Waals surface area contributed by atoms with Crippen LogP contribution in [0, 0.1) is 0 Å². The Morgan fingerprint density at radius 1 is 1.06 bits per heavy atom. The van der Waals surface area contributed by atoms with E-state index in [9.17, 15) is 0 Å². The second kappa shape index (κ2) is 5.41. The van der Waals surface area contributed by atoms with Crippen LogP contribution in [-0.2, 0) is 6.42 Å². The minimum absolute atomic E-state index is 0.605. The van der Waals surface area contributed by atoms with Gasteiger partial charge in [0.15, 0.2) is 0 Å². The summed E-state index contributed by atoms with van der Waals surface area (Å²) in [5.41, 5.74) is 3.13. The van der Waals surface area contributed by atoms with E-state index in [-0.39, 0.29) is 0 Å². The lowest BCUT2D eigenvalue weighted by atomic mass is 9.92. The Morgan fingerprint density at radius 3 is 2.61 bits per heavy atom. The lowest BCUT2D eigenvalue weighted by molar-refractivity contribution is -0.0800. The molecule has 1 aromatic rings. The number of hydrogen-bond acceptors (Lipinski definition) is 2. The highest BCUT2D eigenvalue weighted by atomic mass is 15.6. The summed E-state index contributed by atoms with van der Waals surface area (Å²) in [5.74, 6) is 0. The van der Waals surface area contributed by atoms with Gasteiger partial charge in [-0.2, -0.15) is 0 Å². The highest BCUT2D eigenvalue weighted by Crippen LogP contribution is 2.33. The Balaban J connectivity index is 1.84. The van der Waals surface area contributed by atoms with E-state index in [1.807, 2.05) is 0 Å². The van der Waals surface area contributed by atoms with Gasteiger partial charge in [0.1, 0.15) is 0 Å². The van der Waals surface area contributed by atoms with Gasteiger partial charge < -0.3 is 0 Å². The van der Waals surface area contributed by atoms with E-state index in [0.717, 1.165) is 0 Å². The van der Waals surface area contributed by atoms with Gasteiger partial charge in [-0.15, -0.1) is 0 Å². The summed E-state index contributed by atoms with van der Waals surface area (Å²) >= 11 is 0. The average Bonchev–Trinajstić information content (AvgIpc) is 2.47. The third kappa shape index (κ3) is 2.19. The van der Waals surface area contributed by atoms with Crippen molar-refractivity contribution in [1.29, 1.82) is 0 Å². The predicted octanol–water partition coefficient (Wildman–Crippen LogP) is 3.40. The molecule has 1 atom stereocenters. The van der Waals surface area contributed by atoms with Crippen molar-refractivity contribution >= 4 is 0 Å². The Kier molecular flexibility index (Phi) is 3.67. The molecule has 0 spiro atoms. The van der Waals surface area contributed by atoms with Gasteiger partial charge in [0.05, 0.1) is 0 Å². The molecule has 1 fully saturated rings. The fraction of sp³-hybridized carbons (Fsp3) is 0.625. The van der Waals surface area contributed by atoms with Crippen LogP contribution in [0.15, 0.2) is 24.3 Å². The molecule has 2 heteroatoms. The Bertz CT molecular complexity index is 396. The Hall–Kier alpha value is -0.860. The number of rotatable bonds is 2. The first-order chi connectivity index (χ1) is 8.90. The molecule has 18 heavy (non-hydrogen) atoms. The monoisotopic (exact) mass is 244 g/mol.